The summed E-state index contributed by atoms with van der Waals surface area (Å²) in [7, 11) is -9.90. The van der Waals surface area contributed by atoms with Gasteiger partial charge >= 0.3 is 39.5 Å². The summed E-state index contributed by atoms with van der Waals surface area (Å²) in [5.41, 5.74) is 0. The van der Waals surface area contributed by atoms with Gasteiger partial charge in [-0.05, 0) is 43.4 Å². The molecule has 19 heteroatoms. The second-order valence-electron chi connectivity index (χ2n) is 26.3. The Labute approximate surface area is 537 Å². The van der Waals surface area contributed by atoms with E-state index in [2.05, 4.69) is 48.5 Å². The van der Waals surface area contributed by atoms with Crippen LogP contribution >= 0.6 is 15.6 Å². The molecule has 0 aromatic rings. The van der Waals surface area contributed by atoms with E-state index in [4.69, 9.17) is 37.0 Å². The second kappa shape index (κ2) is 60.0. The van der Waals surface area contributed by atoms with E-state index in [1.54, 1.807) is 0 Å². The predicted molar refractivity (Wildman–Crippen MR) is 354 cm³/mol. The molecule has 0 radical (unpaired) electrons. The number of phosphoric ester groups is 2. The molecular formula is C69H134O17P2. The van der Waals surface area contributed by atoms with Gasteiger partial charge in [-0.3, -0.25) is 37.3 Å². The first-order valence-electron chi connectivity index (χ1n) is 35.8. The average molecular weight is 1300 g/mol. The highest BCUT2D eigenvalue weighted by Crippen LogP contribution is 2.45. The molecule has 0 aliphatic heterocycles. The number of rotatable bonds is 67. The standard InChI is InChI=1S/C69H134O17P2/c1-8-9-10-11-12-13-23-29-38-45-52-68(73)86-65(57-80-67(72)51-44-37-32-31-35-42-49-62(6)7)59-84-88(77,78)82-55-63(70)54-81-87(75,76)83-58-64(56-79-66(71)50-43-36-28-25-20-22-27-34-41-48-61(4)5)85-69(74)53-46-39-30-24-19-17-15-14-16-18-21-26-33-40-47-60(2)3/h60-65,70H,8-59H2,1-7H3,(H,75,76)(H,77,78)/t63-,64-,65-/m1/s1. The Kier molecular flexibility index (Phi) is 58.7. The summed E-state index contributed by atoms with van der Waals surface area (Å²) in [5, 5.41) is 10.6. The second-order valence-corrected chi connectivity index (χ2v) is 29.3. The molecule has 0 fully saturated rings. The van der Waals surface area contributed by atoms with E-state index in [0.29, 0.717) is 31.6 Å². The van der Waals surface area contributed by atoms with Crippen molar-refractivity contribution in [1.29, 1.82) is 0 Å². The van der Waals surface area contributed by atoms with Gasteiger partial charge in [0.25, 0.3) is 0 Å². The summed E-state index contributed by atoms with van der Waals surface area (Å²) in [6, 6.07) is 0. The minimum Gasteiger partial charge on any atom is -0.462 e. The lowest BCUT2D eigenvalue weighted by atomic mass is 10.0. The van der Waals surface area contributed by atoms with E-state index in [1.807, 2.05) is 0 Å². The smallest absolute Gasteiger partial charge is 0.462 e. The summed E-state index contributed by atoms with van der Waals surface area (Å²) in [6.45, 7) is 11.8. The van der Waals surface area contributed by atoms with E-state index in [0.717, 1.165) is 108 Å². The largest absolute Gasteiger partial charge is 0.472 e. The molecule has 0 aliphatic carbocycles. The molecule has 0 aliphatic rings. The minimum absolute atomic E-state index is 0.105. The lowest BCUT2D eigenvalue weighted by Crippen LogP contribution is -2.30. The van der Waals surface area contributed by atoms with Gasteiger partial charge in [0.05, 0.1) is 26.4 Å². The van der Waals surface area contributed by atoms with E-state index in [1.165, 1.54) is 148 Å². The fourth-order valence-electron chi connectivity index (χ4n) is 10.4. The van der Waals surface area contributed by atoms with Gasteiger partial charge in [-0.1, -0.05) is 292 Å². The molecule has 0 aromatic heterocycles. The first-order valence-corrected chi connectivity index (χ1v) is 38.8. The molecular weight excluding hydrogens is 1160 g/mol. The fraction of sp³-hybridized carbons (Fsp3) is 0.942. The molecule has 0 bridgehead atoms. The number of hydrogen-bond acceptors (Lipinski definition) is 15. The quantitative estimate of drug-likeness (QED) is 0.0222. The molecule has 5 atom stereocenters. The Morgan fingerprint density at radius 2 is 0.523 bits per heavy atom. The van der Waals surface area contributed by atoms with Crippen molar-refractivity contribution in [3.05, 3.63) is 0 Å². The first-order chi connectivity index (χ1) is 42.2. The number of carbonyl (C=O) groups excluding carboxylic acids is 4. The summed E-state index contributed by atoms with van der Waals surface area (Å²) in [6.07, 6.45) is 43.2. The molecule has 17 nitrogen and oxygen atoms in total. The molecule has 0 amide bonds. The van der Waals surface area contributed by atoms with Crippen molar-refractivity contribution >= 4 is 39.5 Å². The molecule has 0 aromatic carbocycles. The lowest BCUT2D eigenvalue weighted by Gasteiger charge is -2.21. The molecule has 0 spiro atoms. The number of phosphoric acid groups is 2. The third kappa shape index (κ3) is 62.8. The van der Waals surface area contributed by atoms with Gasteiger partial charge in [0.1, 0.15) is 19.3 Å². The Hall–Kier alpha value is -1.94. The molecule has 88 heavy (non-hydrogen) atoms. The normalized spacial score (nSPS) is 14.2. The zero-order valence-corrected chi connectivity index (χ0v) is 59.0. The zero-order chi connectivity index (χ0) is 65.2. The Morgan fingerprint density at radius 1 is 0.307 bits per heavy atom. The van der Waals surface area contributed by atoms with Crippen molar-refractivity contribution in [2.24, 2.45) is 17.8 Å². The Morgan fingerprint density at radius 3 is 0.773 bits per heavy atom. The maximum Gasteiger partial charge on any atom is 0.472 e. The van der Waals surface area contributed by atoms with Crippen molar-refractivity contribution < 1.29 is 80.2 Å². The van der Waals surface area contributed by atoms with Gasteiger partial charge in [-0.2, -0.15) is 0 Å². The average Bonchev–Trinajstić information content (AvgIpc) is 3.59. The van der Waals surface area contributed by atoms with Crippen molar-refractivity contribution in [2.75, 3.05) is 39.6 Å². The van der Waals surface area contributed by atoms with Crippen LogP contribution < -0.4 is 0 Å². The fourth-order valence-corrected chi connectivity index (χ4v) is 11.9. The van der Waals surface area contributed by atoms with Gasteiger partial charge in [0.15, 0.2) is 12.2 Å². The van der Waals surface area contributed by atoms with Gasteiger partial charge in [-0.25, -0.2) is 9.13 Å². The van der Waals surface area contributed by atoms with Crippen LogP contribution in [0.25, 0.3) is 0 Å². The van der Waals surface area contributed by atoms with E-state index in [9.17, 15) is 43.2 Å². The number of aliphatic hydroxyl groups excluding tert-OH is 1. The van der Waals surface area contributed by atoms with Gasteiger partial charge in [0, 0.05) is 25.7 Å². The van der Waals surface area contributed by atoms with Crippen LogP contribution in [0.1, 0.15) is 344 Å². The van der Waals surface area contributed by atoms with Gasteiger partial charge in [-0.15, -0.1) is 0 Å². The number of carbonyl (C=O) groups is 4. The molecule has 0 saturated heterocycles. The minimum atomic E-state index is -4.95. The van der Waals surface area contributed by atoms with Crippen molar-refractivity contribution in [2.45, 2.75) is 362 Å². The van der Waals surface area contributed by atoms with Crippen molar-refractivity contribution in [3.63, 3.8) is 0 Å². The summed E-state index contributed by atoms with van der Waals surface area (Å²) >= 11 is 0. The summed E-state index contributed by atoms with van der Waals surface area (Å²) < 4.78 is 68.2. The summed E-state index contributed by atoms with van der Waals surface area (Å²) in [4.78, 5) is 72.4. The van der Waals surface area contributed by atoms with Crippen molar-refractivity contribution in [1.82, 2.24) is 0 Å². The number of unbranched alkanes of at least 4 members (excludes halogenated alkanes) is 35. The number of esters is 4. The lowest BCUT2D eigenvalue weighted by molar-refractivity contribution is -0.161. The number of aliphatic hydroxyl groups is 1. The van der Waals surface area contributed by atoms with E-state index >= 15 is 0 Å². The molecule has 0 saturated carbocycles. The zero-order valence-electron chi connectivity index (χ0n) is 57.2. The third-order valence-electron chi connectivity index (χ3n) is 15.9. The molecule has 0 rings (SSSR count). The van der Waals surface area contributed by atoms with Crippen LogP contribution in [0.4, 0.5) is 0 Å². The van der Waals surface area contributed by atoms with Crippen LogP contribution in [-0.2, 0) is 65.4 Å². The highest BCUT2D eigenvalue weighted by molar-refractivity contribution is 7.47. The van der Waals surface area contributed by atoms with Crippen LogP contribution in [0.2, 0.25) is 0 Å². The Bertz CT molecular complexity index is 1730. The monoisotopic (exact) mass is 1300 g/mol. The van der Waals surface area contributed by atoms with Crippen LogP contribution in [-0.4, -0.2) is 96.7 Å². The van der Waals surface area contributed by atoms with E-state index in [-0.39, 0.29) is 25.7 Å². The van der Waals surface area contributed by atoms with Gasteiger partial charge in [0.2, 0.25) is 0 Å². The van der Waals surface area contributed by atoms with Crippen LogP contribution in [0, 0.1) is 17.8 Å². The maximum atomic E-state index is 13.0. The maximum absolute atomic E-state index is 13.0. The molecule has 0 heterocycles. The van der Waals surface area contributed by atoms with Crippen LogP contribution in [0.3, 0.4) is 0 Å². The SMILES string of the molecule is CCCCCCCCCCCCC(=O)O[C@H](COC(=O)CCCCCCCCC(C)C)COP(=O)(O)OC[C@H](O)COP(=O)(O)OC[C@@H](COC(=O)CCCCCCCCCCCC(C)C)OC(=O)CCCCCCCCCCCCCCCCC(C)C. The van der Waals surface area contributed by atoms with Crippen LogP contribution in [0.15, 0.2) is 0 Å². The van der Waals surface area contributed by atoms with E-state index < -0.39 is 97.5 Å². The Balaban J connectivity index is 5.22. The molecule has 3 N–H and O–H groups in total. The highest BCUT2D eigenvalue weighted by Gasteiger charge is 2.30. The number of ether oxygens (including phenoxy) is 4. The van der Waals surface area contributed by atoms with Crippen molar-refractivity contribution in [3.8, 4) is 0 Å². The topological polar surface area (TPSA) is 237 Å². The number of hydrogen-bond donors (Lipinski definition) is 3. The van der Waals surface area contributed by atoms with Gasteiger partial charge < -0.3 is 33.8 Å². The third-order valence-corrected chi connectivity index (χ3v) is 17.8. The summed E-state index contributed by atoms with van der Waals surface area (Å²) in [5.74, 6) is 0.0889. The highest BCUT2D eigenvalue weighted by atomic mass is 31.2. The molecule has 2 unspecified atom stereocenters. The van der Waals surface area contributed by atoms with Crippen LogP contribution in [0.5, 0.6) is 0 Å². The predicted octanol–water partition coefficient (Wildman–Crippen LogP) is 19.5. The molecule has 522 valence electrons. The first kappa shape index (κ1) is 86.1.